The maximum atomic E-state index is 5.88. The number of benzene rings is 2. The summed E-state index contributed by atoms with van der Waals surface area (Å²) in [5.41, 5.74) is 0.805. The SMILES string of the molecule is COc1ccc(-c2noc(CSc3ccc(Cl)cc3)n2)cc1OC. The van der Waals surface area contributed by atoms with Crippen molar-refractivity contribution in [2.75, 3.05) is 14.2 Å². The molecule has 3 rings (SSSR count). The Morgan fingerprint density at radius 3 is 2.50 bits per heavy atom. The van der Waals surface area contributed by atoms with E-state index in [2.05, 4.69) is 10.1 Å². The van der Waals surface area contributed by atoms with Crippen molar-refractivity contribution >= 4 is 23.4 Å². The number of methoxy groups -OCH3 is 2. The van der Waals surface area contributed by atoms with Crippen LogP contribution in [0.15, 0.2) is 51.9 Å². The van der Waals surface area contributed by atoms with Gasteiger partial charge < -0.3 is 14.0 Å². The number of aromatic nitrogens is 2. The number of nitrogens with zero attached hydrogens (tertiary/aromatic N) is 2. The van der Waals surface area contributed by atoms with E-state index in [0.29, 0.717) is 34.0 Å². The molecule has 0 unspecified atom stereocenters. The number of halogens is 1. The smallest absolute Gasteiger partial charge is 0.237 e. The molecule has 7 heteroatoms. The Morgan fingerprint density at radius 1 is 1.04 bits per heavy atom. The van der Waals surface area contributed by atoms with E-state index >= 15 is 0 Å². The van der Waals surface area contributed by atoms with Crippen LogP contribution in [0.5, 0.6) is 11.5 Å². The molecule has 0 aliphatic heterocycles. The van der Waals surface area contributed by atoms with E-state index in [1.54, 1.807) is 26.0 Å². The van der Waals surface area contributed by atoms with Gasteiger partial charge in [0.05, 0.1) is 20.0 Å². The summed E-state index contributed by atoms with van der Waals surface area (Å²) in [5, 5.41) is 4.74. The van der Waals surface area contributed by atoms with Gasteiger partial charge in [-0.05, 0) is 42.5 Å². The molecule has 3 aromatic rings. The Balaban J connectivity index is 1.72. The number of rotatable bonds is 6. The first-order valence-electron chi connectivity index (χ1n) is 7.13. The number of hydrogen-bond acceptors (Lipinski definition) is 6. The molecule has 24 heavy (non-hydrogen) atoms. The molecule has 0 spiro atoms. The van der Waals surface area contributed by atoms with Gasteiger partial charge in [0.2, 0.25) is 11.7 Å². The quantitative estimate of drug-likeness (QED) is 0.592. The van der Waals surface area contributed by atoms with E-state index in [-0.39, 0.29) is 0 Å². The van der Waals surface area contributed by atoms with Crippen LogP contribution in [0.25, 0.3) is 11.4 Å². The molecule has 124 valence electrons. The van der Waals surface area contributed by atoms with Gasteiger partial charge in [-0.25, -0.2) is 0 Å². The van der Waals surface area contributed by atoms with E-state index < -0.39 is 0 Å². The highest BCUT2D eigenvalue weighted by Gasteiger charge is 2.12. The molecule has 0 saturated heterocycles. The van der Waals surface area contributed by atoms with Crippen LogP contribution in [0.3, 0.4) is 0 Å². The lowest BCUT2D eigenvalue weighted by atomic mass is 10.2. The van der Waals surface area contributed by atoms with Crippen LogP contribution < -0.4 is 9.47 Å². The average molecular weight is 363 g/mol. The molecule has 0 bridgehead atoms. The van der Waals surface area contributed by atoms with Crippen molar-refractivity contribution in [3.63, 3.8) is 0 Å². The van der Waals surface area contributed by atoms with Gasteiger partial charge in [0.1, 0.15) is 0 Å². The van der Waals surface area contributed by atoms with E-state index in [0.717, 1.165) is 10.5 Å². The predicted octanol–water partition coefficient (Wildman–Crippen LogP) is 4.70. The zero-order valence-corrected chi connectivity index (χ0v) is 14.7. The monoisotopic (exact) mass is 362 g/mol. The van der Waals surface area contributed by atoms with Gasteiger partial charge in [-0.3, -0.25) is 0 Å². The van der Waals surface area contributed by atoms with E-state index in [1.807, 2.05) is 42.5 Å². The summed E-state index contributed by atoms with van der Waals surface area (Å²) < 4.78 is 15.8. The molecule has 0 amide bonds. The minimum atomic E-state index is 0.516. The molecule has 0 N–H and O–H groups in total. The summed E-state index contributed by atoms with van der Waals surface area (Å²) in [7, 11) is 3.18. The van der Waals surface area contributed by atoms with Crippen LogP contribution in [-0.4, -0.2) is 24.4 Å². The van der Waals surface area contributed by atoms with Crippen LogP contribution in [0, 0.1) is 0 Å². The van der Waals surface area contributed by atoms with Crippen LogP contribution in [0.2, 0.25) is 5.02 Å². The maximum absolute atomic E-state index is 5.88. The molecule has 0 radical (unpaired) electrons. The minimum Gasteiger partial charge on any atom is -0.493 e. The van der Waals surface area contributed by atoms with Gasteiger partial charge in [-0.1, -0.05) is 16.8 Å². The summed E-state index contributed by atoms with van der Waals surface area (Å²) in [6, 6.07) is 13.1. The minimum absolute atomic E-state index is 0.516. The van der Waals surface area contributed by atoms with Crippen molar-refractivity contribution in [1.82, 2.24) is 10.1 Å². The van der Waals surface area contributed by atoms with Gasteiger partial charge in [-0.15, -0.1) is 11.8 Å². The number of thioether (sulfide) groups is 1. The van der Waals surface area contributed by atoms with Crippen LogP contribution in [-0.2, 0) is 5.75 Å². The molecular weight excluding hydrogens is 348 g/mol. The van der Waals surface area contributed by atoms with Crippen molar-refractivity contribution < 1.29 is 14.0 Å². The fourth-order valence-electron chi connectivity index (χ4n) is 2.08. The Morgan fingerprint density at radius 2 is 1.79 bits per heavy atom. The summed E-state index contributed by atoms with van der Waals surface area (Å²) in [6.07, 6.45) is 0. The predicted molar refractivity (Wildman–Crippen MR) is 93.9 cm³/mol. The summed E-state index contributed by atoms with van der Waals surface area (Å²) >= 11 is 7.48. The molecule has 0 atom stereocenters. The van der Waals surface area contributed by atoms with Gasteiger partial charge in [0, 0.05) is 15.5 Å². The highest BCUT2D eigenvalue weighted by molar-refractivity contribution is 7.98. The molecule has 5 nitrogen and oxygen atoms in total. The third kappa shape index (κ3) is 3.83. The highest BCUT2D eigenvalue weighted by Crippen LogP contribution is 2.31. The van der Waals surface area contributed by atoms with Gasteiger partial charge in [0.15, 0.2) is 11.5 Å². The van der Waals surface area contributed by atoms with Crippen molar-refractivity contribution in [3.05, 3.63) is 53.4 Å². The van der Waals surface area contributed by atoms with Crippen LogP contribution in [0.1, 0.15) is 5.89 Å². The van der Waals surface area contributed by atoms with E-state index in [4.69, 9.17) is 25.6 Å². The lowest BCUT2D eigenvalue weighted by Crippen LogP contribution is -1.91. The second-order valence-electron chi connectivity index (χ2n) is 4.82. The average Bonchev–Trinajstić information content (AvgIpc) is 3.09. The second kappa shape index (κ2) is 7.59. The number of ether oxygens (including phenoxy) is 2. The van der Waals surface area contributed by atoms with Crippen molar-refractivity contribution in [2.24, 2.45) is 0 Å². The zero-order chi connectivity index (χ0) is 16.9. The van der Waals surface area contributed by atoms with Gasteiger partial charge >= 0.3 is 0 Å². The van der Waals surface area contributed by atoms with E-state index in [1.165, 1.54) is 0 Å². The van der Waals surface area contributed by atoms with Crippen LogP contribution >= 0.6 is 23.4 Å². The molecule has 1 heterocycles. The summed E-state index contributed by atoms with van der Waals surface area (Å²) in [6.45, 7) is 0. The highest BCUT2D eigenvalue weighted by atomic mass is 35.5. The van der Waals surface area contributed by atoms with Gasteiger partial charge in [-0.2, -0.15) is 4.98 Å². The molecule has 0 aliphatic rings. The fraction of sp³-hybridized carbons (Fsp3) is 0.176. The van der Waals surface area contributed by atoms with Crippen LogP contribution in [0.4, 0.5) is 0 Å². The Kier molecular flexibility index (Phi) is 5.27. The molecule has 0 fully saturated rings. The number of hydrogen-bond donors (Lipinski definition) is 0. The van der Waals surface area contributed by atoms with Crippen molar-refractivity contribution in [2.45, 2.75) is 10.6 Å². The largest absolute Gasteiger partial charge is 0.493 e. The lowest BCUT2D eigenvalue weighted by molar-refractivity contribution is 0.355. The first-order valence-corrected chi connectivity index (χ1v) is 8.49. The molecular formula is C17H15ClN2O3S. The summed E-state index contributed by atoms with van der Waals surface area (Å²) in [4.78, 5) is 5.51. The van der Waals surface area contributed by atoms with Gasteiger partial charge in [0.25, 0.3) is 0 Å². The first kappa shape index (κ1) is 16.7. The second-order valence-corrected chi connectivity index (χ2v) is 6.31. The van der Waals surface area contributed by atoms with E-state index in [9.17, 15) is 0 Å². The van der Waals surface area contributed by atoms with Crippen molar-refractivity contribution in [3.8, 4) is 22.9 Å². The Bertz CT molecular complexity index is 821. The zero-order valence-electron chi connectivity index (χ0n) is 13.2. The Labute approximate surface area is 148 Å². The third-order valence-corrected chi connectivity index (χ3v) is 4.53. The molecule has 0 aliphatic carbocycles. The third-order valence-electron chi connectivity index (χ3n) is 3.29. The lowest BCUT2D eigenvalue weighted by Gasteiger charge is -2.07. The molecule has 1 aromatic heterocycles. The standard InChI is InChI=1S/C17H15ClN2O3S/c1-21-14-8-3-11(9-15(14)22-2)17-19-16(23-20-17)10-24-13-6-4-12(18)5-7-13/h3-9H,10H2,1-2H3. The molecule has 2 aromatic carbocycles. The fourth-order valence-corrected chi connectivity index (χ4v) is 2.94. The summed E-state index contributed by atoms with van der Waals surface area (Å²) in [5.74, 6) is 2.93. The first-order chi connectivity index (χ1) is 11.7. The maximum Gasteiger partial charge on any atom is 0.237 e. The van der Waals surface area contributed by atoms with Crippen molar-refractivity contribution in [1.29, 1.82) is 0 Å². The normalized spacial score (nSPS) is 10.6. The molecule has 0 saturated carbocycles. The topological polar surface area (TPSA) is 57.4 Å². The Hall–Kier alpha value is -2.18.